The van der Waals surface area contributed by atoms with Gasteiger partial charge in [-0.3, -0.25) is 0 Å². The molecule has 8 nitrogen and oxygen atoms in total. The number of unbranched alkanes of at least 4 members (excludes halogenated alkanes) is 6. The number of hydrogen-bond acceptors (Lipinski definition) is 9. The van der Waals surface area contributed by atoms with Crippen molar-refractivity contribution in [1.29, 1.82) is 5.26 Å². The summed E-state index contributed by atoms with van der Waals surface area (Å²) in [5.74, 6) is -1.25. The summed E-state index contributed by atoms with van der Waals surface area (Å²) in [5, 5.41) is 18.7. The first-order valence-electron chi connectivity index (χ1n) is 26.2. The number of fused-ring (bicyclic) bond motifs is 5. The first-order chi connectivity index (χ1) is 36.9. The molecular weight excluding hydrogens is 961 g/mol. The molecule has 0 unspecified atom stereocenters. The lowest BCUT2D eigenvalue weighted by molar-refractivity contribution is -0.132. The van der Waals surface area contributed by atoms with Crippen molar-refractivity contribution in [1.82, 2.24) is 17.5 Å². The van der Waals surface area contributed by atoms with Crippen molar-refractivity contribution in [2.75, 3.05) is 4.90 Å². The molecule has 0 spiro atoms. The van der Waals surface area contributed by atoms with E-state index in [1.807, 2.05) is 24.3 Å². The van der Waals surface area contributed by atoms with Crippen molar-refractivity contribution >= 4 is 74.6 Å². The fraction of sp³-hybridized carbons (Fsp3) is 0.200. The van der Waals surface area contributed by atoms with E-state index in [2.05, 4.69) is 164 Å². The molecule has 370 valence electrons. The zero-order chi connectivity index (χ0) is 51.3. The molecule has 0 saturated heterocycles. The number of anilines is 3. The summed E-state index contributed by atoms with van der Waals surface area (Å²) in [6, 6.07) is 62.2. The predicted molar refractivity (Wildman–Crippen MR) is 310 cm³/mol. The summed E-state index contributed by atoms with van der Waals surface area (Å²) in [4.78, 5) is 13.8. The lowest BCUT2D eigenvalue weighted by Crippen LogP contribution is -2.25. The van der Waals surface area contributed by atoms with E-state index in [1.54, 1.807) is 6.07 Å². The maximum atomic E-state index is 11.5. The number of aliphatic carboxylic acids is 1. The van der Waals surface area contributed by atoms with Crippen LogP contribution in [0.3, 0.4) is 0 Å². The molecule has 0 fully saturated rings. The molecule has 0 bridgehead atoms. The highest BCUT2D eigenvalue weighted by molar-refractivity contribution is 7.00. The highest BCUT2D eigenvalue weighted by atomic mass is 32.1. The molecule has 11 rings (SSSR count). The normalized spacial score (nSPS) is 12.7. The lowest BCUT2D eigenvalue weighted by atomic mass is 9.70. The van der Waals surface area contributed by atoms with Crippen LogP contribution in [0.5, 0.6) is 0 Å². The maximum Gasteiger partial charge on any atom is 0.346 e. The van der Waals surface area contributed by atoms with Crippen molar-refractivity contribution in [3.63, 3.8) is 0 Å². The number of para-hydroxylation sites is 2. The topological polar surface area (TPSA) is 116 Å². The van der Waals surface area contributed by atoms with Crippen molar-refractivity contribution < 1.29 is 9.90 Å². The number of nitriles is 1. The van der Waals surface area contributed by atoms with Gasteiger partial charge in [-0.1, -0.05) is 187 Å². The Bertz CT molecular complexity index is 3690. The van der Waals surface area contributed by atoms with E-state index in [4.69, 9.17) is 17.5 Å². The van der Waals surface area contributed by atoms with Crippen LogP contribution in [0.1, 0.15) is 94.7 Å². The Hall–Kier alpha value is -8.10. The van der Waals surface area contributed by atoms with Crippen molar-refractivity contribution in [3.05, 3.63) is 192 Å². The third kappa shape index (κ3) is 9.55. The van der Waals surface area contributed by atoms with Crippen LogP contribution in [0.4, 0.5) is 17.1 Å². The van der Waals surface area contributed by atoms with Gasteiger partial charge in [-0.2, -0.15) is 22.8 Å². The Kier molecular flexibility index (Phi) is 14.3. The molecule has 0 radical (unpaired) electrons. The van der Waals surface area contributed by atoms with Crippen LogP contribution >= 0.6 is 23.5 Å². The monoisotopic (exact) mass is 1020 g/mol. The highest BCUT2D eigenvalue weighted by Crippen LogP contribution is 2.56. The number of benzene rings is 8. The minimum atomic E-state index is -1.25. The molecule has 8 aromatic carbocycles. The summed E-state index contributed by atoms with van der Waals surface area (Å²) in [5.41, 5.74) is 20.9. The van der Waals surface area contributed by atoms with E-state index in [0.29, 0.717) is 5.56 Å². The SMILES string of the molecule is CCCCCCC1(CCCCCC)c2cc(-c3ccc(-c4ccc(/C=C(/C#N)C(=O)O)cc4)c4nsnc34)ccc2-c2ccc(-c3ccc(-c4ccc(N(c5ccccc5)c5ccccc5)cc4)c4nsnc34)cc21. The number of aromatic nitrogens is 4. The number of carbonyl (C=O) groups is 1. The van der Waals surface area contributed by atoms with Gasteiger partial charge in [0, 0.05) is 44.7 Å². The Labute approximate surface area is 447 Å². The van der Waals surface area contributed by atoms with Gasteiger partial charge >= 0.3 is 5.97 Å². The van der Waals surface area contributed by atoms with Crippen LogP contribution in [0, 0.1) is 11.3 Å². The van der Waals surface area contributed by atoms with Gasteiger partial charge in [-0.05, 0) is 118 Å². The van der Waals surface area contributed by atoms with Crippen LogP contribution in [-0.2, 0) is 10.2 Å². The molecule has 10 aromatic rings. The third-order valence-corrected chi connectivity index (χ3v) is 16.1. The van der Waals surface area contributed by atoms with Gasteiger partial charge in [-0.25, -0.2) is 4.79 Å². The maximum absolute atomic E-state index is 11.5. The fourth-order valence-corrected chi connectivity index (χ4v) is 12.5. The average Bonchev–Trinajstić information content (AvgIpc) is 4.22. The Morgan fingerprint density at radius 3 is 1.31 bits per heavy atom. The summed E-state index contributed by atoms with van der Waals surface area (Å²) in [7, 11) is 0. The van der Waals surface area contributed by atoms with Crippen molar-refractivity contribution in [2.24, 2.45) is 0 Å². The van der Waals surface area contributed by atoms with Crippen LogP contribution in [0.2, 0.25) is 0 Å². The Morgan fingerprint density at radius 1 is 0.507 bits per heavy atom. The quantitative estimate of drug-likeness (QED) is 0.0484. The van der Waals surface area contributed by atoms with Gasteiger partial charge in [-0.15, -0.1) is 0 Å². The molecule has 0 amide bonds. The van der Waals surface area contributed by atoms with Gasteiger partial charge in [0.1, 0.15) is 33.7 Å². The standard InChI is InChI=1S/C65H56N6O2S2/c1-3-5-7-15-37-65(38-16-8-6-4-2)58-40-46(54-35-33-52(60-62(54)69-74-67-60)44-23-21-43(22-24-44)39-48(42-66)64(72)73)27-31-56(58)57-32-28-47(41-59(57)65)55-36-34-53(61-63(55)70-75-68-61)45-25-29-51(30-26-45)71(49-17-11-9-12-18-49)50-19-13-10-14-20-50/h9-14,17-36,39-41H,3-8,15-16,37-38H2,1-2H3,(H,72,73)/b48-39-. The number of carboxylic acid groups (broad SMARTS) is 1. The minimum Gasteiger partial charge on any atom is -0.477 e. The summed E-state index contributed by atoms with van der Waals surface area (Å²) >= 11 is 2.49. The lowest BCUT2D eigenvalue weighted by Gasteiger charge is -2.33. The second-order valence-corrected chi connectivity index (χ2v) is 20.7. The van der Waals surface area contributed by atoms with Gasteiger partial charge in [0.05, 0.1) is 23.5 Å². The third-order valence-electron chi connectivity index (χ3n) is 15.1. The number of nitrogens with zero attached hydrogens (tertiary/aromatic N) is 6. The Morgan fingerprint density at radius 2 is 0.893 bits per heavy atom. The summed E-state index contributed by atoms with van der Waals surface area (Å²) < 4.78 is 19.7. The number of rotatable bonds is 19. The van der Waals surface area contributed by atoms with Crippen molar-refractivity contribution in [3.8, 4) is 61.7 Å². The molecule has 0 aliphatic heterocycles. The van der Waals surface area contributed by atoms with Crippen LogP contribution in [0.15, 0.2) is 175 Å². The molecule has 2 heterocycles. The fourth-order valence-electron chi connectivity index (χ4n) is 11.3. The predicted octanol–water partition coefficient (Wildman–Crippen LogP) is 18.0. The minimum absolute atomic E-state index is 0.186. The van der Waals surface area contributed by atoms with E-state index in [1.165, 1.54) is 90.3 Å². The zero-order valence-corrected chi connectivity index (χ0v) is 43.8. The average molecular weight is 1020 g/mol. The van der Waals surface area contributed by atoms with Crippen LogP contribution in [-0.4, -0.2) is 28.6 Å². The molecule has 10 heteroatoms. The molecule has 1 aliphatic carbocycles. The van der Waals surface area contributed by atoms with Gasteiger partial charge in [0.2, 0.25) is 0 Å². The van der Waals surface area contributed by atoms with E-state index in [-0.39, 0.29) is 11.0 Å². The van der Waals surface area contributed by atoms with E-state index in [9.17, 15) is 15.2 Å². The zero-order valence-electron chi connectivity index (χ0n) is 42.2. The molecular formula is C65H56N6O2S2. The van der Waals surface area contributed by atoms with Gasteiger partial charge in [0.15, 0.2) is 0 Å². The Balaban J connectivity index is 0.966. The first kappa shape index (κ1) is 49.1. The first-order valence-corrected chi connectivity index (χ1v) is 27.6. The van der Waals surface area contributed by atoms with Crippen molar-refractivity contribution in [2.45, 2.75) is 83.5 Å². The van der Waals surface area contributed by atoms with E-state index in [0.717, 1.165) is 109 Å². The molecule has 1 N–H and O–H groups in total. The second kappa shape index (κ2) is 21.8. The molecule has 0 saturated carbocycles. The molecule has 75 heavy (non-hydrogen) atoms. The second-order valence-electron chi connectivity index (χ2n) is 19.6. The number of carboxylic acids is 1. The highest BCUT2D eigenvalue weighted by Gasteiger charge is 2.43. The van der Waals surface area contributed by atoms with E-state index < -0.39 is 5.97 Å². The molecule has 1 aliphatic rings. The van der Waals surface area contributed by atoms with E-state index >= 15 is 0 Å². The van der Waals surface area contributed by atoms with Crippen LogP contribution in [0.25, 0.3) is 83.8 Å². The smallest absolute Gasteiger partial charge is 0.346 e. The summed E-state index contributed by atoms with van der Waals surface area (Å²) in [6.07, 6.45) is 13.0. The molecule has 2 aromatic heterocycles. The van der Waals surface area contributed by atoms with Gasteiger partial charge < -0.3 is 10.0 Å². The summed E-state index contributed by atoms with van der Waals surface area (Å²) in [6.45, 7) is 4.58. The largest absolute Gasteiger partial charge is 0.477 e. The van der Waals surface area contributed by atoms with Crippen LogP contribution < -0.4 is 4.90 Å². The van der Waals surface area contributed by atoms with Gasteiger partial charge in [0.25, 0.3) is 0 Å². The molecule has 0 atom stereocenters. The number of hydrogen-bond donors (Lipinski definition) is 1.